The van der Waals surface area contributed by atoms with E-state index in [4.69, 9.17) is 16.3 Å². The fraction of sp³-hybridized carbons (Fsp3) is 0.316. The van der Waals surface area contributed by atoms with Crippen LogP contribution in [0, 0.1) is 0 Å². The molecule has 1 heterocycles. The minimum absolute atomic E-state index is 0.000261. The van der Waals surface area contributed by atoms with E-state index in [-0.39, 0.29) is 18.6 Å². The molecule has 1 aliphatic rings. The lowest BCUT2D eigenvalue weighted by atomic mass is 10.0. The molecular formula is C19H19Br2ClN2O2. The number of rotatable bonds is 5. The van der Waals surface area contributed by atoms with Gasteiger partial charge in [0.1, 0.15) is 5.75 Å². The van der Waals surface area contributed by atoms with Crippen LogP contribution in [0.3, 0.4) is 0 Å². The van der Waals surface area contributed by atoms with Crippen LogP contribution in [0.25, 0.3) is 0 Å². The average molecular weight is 503 g/mol. The number of piperazine rings is 1. The van der Waals surface area contributed by atoms with Crippen LogP contribution in [0.1, 0.15) is 5.56 Å². The Morgan fingerprint density at radius 2 is 2.00 bits per heavy atom. The Morgan fingerprint density at radius 1 is 1.23 bits per heavy atom. The Kier molecular flexibility index (Phi) is 6.98. The summed E-state index contributed by atoms with van der Waals surface area (Å²) in [5.74, 6) is 0.659. The summed E-state index contributed by atoms with van der Waals surface area (Å²) in [6.07, 6.45) is 0.790. The van der Waals surface area contributed by atoms with Crippen LogP contribution in [-0.2, 0) is 11.2 Å². The summed E-state index contributed by atoms with van der Waals surface area (Å²) in [7, 11) is 0. The van der Waals surface area contributed by atoms with Crippen LogP contribution in [0.4, 0.5) is 0 Å². The smallest absolute Gasteiger partial charge is 0.260 e. The number of nitrogens with zero attached hydrogens (tertiary/aromatic N) is 1. The van der Waals surface area contributed by atoms with Crippen LogP contribution in [0.5, 0.6) is 5.75 Å². The van der Waals surface area contributed by atoms with Crippen LogP contribution in [-0.4, -0.2) is 43.1 Å². The zero-order valence-electron chi connectivity index (χ0n) is 14.1. The van der Waals surface area contributed by atoms with Crippen LogP contribution in [0.15, 0.2) is 51.4 Å². The maximum absolute atomic E-state index is 12.7. The van der Waals surface area contributed by atoms with Gasteiger partial charge in [0.2, 0.25) is 0 Å². The summed E-state index contributed by atoms with van der Waals surface area (Å²) < 4.78 is 7.49. The molecule has 2 aromatic carbocycles. The zero-order valence-corrected chi connectivity index (χ0v) is 18.0. The summed E-state index contributed by atoms with van der Waals surface area (Å²) >= 11 is 12.8. The van der Waals surface area contributed by atoms with Gasteiger partial charge in [0.15, 0.2) is 6.61 Å². The Labute approximate surface area is 175 Å². The third-order valence-corrected chi connectivity index (χ3v) is 5.67. The van der Waals surface area contributed by atoms with Gasteiger partial charge in [-0.25, -0.2) is 0 Å². The molecule has 7 heteroatoms. The van der Waals surface area contributed by atoms with Crippen molar-refractivity contribution in [2.75, 3.05) is 26.2 Å². The SMILES string of the molecule is O=C(COc1ccc(Br)cc1Br)N1CCNCC1Cc1ccc(Cl)cc1. The maximum atomic E-state index is 12.7. The van der Waals surface area contributed by atoms with Crippen molar-refractivity contribution in [2.24, 2.45) is 0 Å². The van der Waals surface area contributed by atoms with Crippen LogP contribution < -0.4 is 10.1 Å². The quantitative estimate of drug-likeness (QED) is 0.664. The van der Waals surface area contributed by atoms with E-state index < -0.39 is 0 Å². The van der Waals surface area contributed by atoms with E-state index in [0.717, 1.165) is 39.0 Å². The van der Waals surface area contributed by atoms with Gasteiger partial charge in [0.25, 0.3) is 5.91 Å². The van der Waals surface area contributed by atoms with Crippen molar-refractivity contribution in [1.29, 1.82) is 0 Å². The first-order valence-electron chi connectivity index (χ1n) is 8.35. The Hall–Kier alpha value is -1.08. The lowest BCUT2D eigenvalue weighted by Crippen LogP contribution is -2.55. The molecule has 0 bridgehead atoms. The standard InChI is InChI=1S/C19H19Br2ClN2O2/c20-14-3-6-18(17(21)10-14)26-12-19(25)24-8-7-23-11-16(24)9-13-1-4-15(22)5-2-13/h1-6,10,16,23H,7-9,11-12H2. The highest BCUT2D eigenvalue weighted by molar-refractivity contribution is 9.11. The first kappa shape index (κ1) is 19.7. The van der Waals surface area contributed by atoms with E-state index in [2.05, 4.69) is 37.2 Å². The number of carbonyl (C=O) groups is 1. The van der Waals surface area contributed by atoms with Crippen molar-refractivity contribution < 1.29 is 9.53 Å². The minimum Gasteiger partial charge on any atom is -0.483 e. The highest BCUT2D eigenvalue weighted by atomic mass is 79.9. The highest BCUT2D eigenvalue weighted by Gasteiger charge is 2.27. The van der Waals surface area contributed by atoms with Gasteiger partial charge in [-0.3, -0.25) is 4.79 Å². The summed E-state index contributed by atoms with van der Waals surface area (Å²) in [6, 6.07) is 13.5. The molecule has 1 aliphatic heterocycles. The van der Waals surface area contributed by atoms with E-state index in [1.807, 2.05) is 47.4 Å². The molecule has 26 heavy (non-hydrogen) atoms. The fourth-order valence-corrected chi connectivity index (χ4v) is 4.27. The number of hydrogen-bond donors (Lipinski definition) is 1. The van der Waals surface area contributed by atoms with Crippen molar-refractivity contribution in [2.45, 2.75) is 12.5 Å². The topological polar surface area (TPSA) is 41.6 Å². The van der Waals surface area contributed by atoms with Gasteiger partial charge in [-0.05, 0) is 58.2 Å². The molecule has 1 amide bonds. The normalized spacial score (nSPS) is 17.2. The number of halogens is 3. The Balaban J connectivity index is 1.62. The van der Waals surface area contributed by atoms with Gasteiger partial charge < -0.3 is 15.0 Å². The average Bonchev–Trinajstić information content (AvgIpc) is 2.63. The monoisotopic (exact) mass is 500 g/mol. The number of carbonyl (C=O) groups excluding carboxylic acids is 1. The lowest BCUT2D eigenvalue weighted by Gasteiger charge is -2.36. The molecule has 1 fully saturated rings. The van der Waals surface area contributed by atoms with Gasteiger partial charge >= 0.3 is 0 Å². The molecule has 1 saturated heterocycles. The molecule has 0 saturated carbocycles. The predicted octanol–water partition coefficient (Wildman–Crippen LogP) is 4.29. The van der Waals surface area contributed by atoms with Crippen LogP contribution >= 0.6 is 43.5 Å². The van der Waals surface area contributed by atoms with Gasteiger partial charge in [-0.1, -0.05) is 39.7 Å². The predicted molar refractivity (Wildman–Crippen MR) is 111 cm³/mol. The van der Waals surface area contributed by atoms with Gasteiger partial charge in [-0.2, -0.15) is 0 Å². The molecule has 138 valence electrons. The van der Waals surface area contributed by atoms with Crippen molar-refractivity contribution in [1.82, 2.24) is 10.2 Å². The second-order valence-electron chi connectivity index (χ2n) is 6.14. The molecule has 0 aromatic heterocycles. The van der Waals surface area contributed by atoms with E-state index in [1.54, 1.807) is 0 Å². The molecule has 0 aliphatic carbocycles. The minimum atomic E-state index is 0.000261. The van der Waals surface area contributed by atoms with E-state index in [1.165, 1.54) is 0 Å². The molecule has 3 rings (SSSR count). The second-order valence-corrected chi connectivity index (χ2v) is 8.35. The third kappa shape index (κ3) is 5.22. The van der Waals surface area contributed by atoms with E-state index in [9.17, 15) is 4.79 Å². The summed E-state index contributed by atoms with van der Waals surface area (Å²) in [4.78, 5) is 14.6. The fourth-order valence-electron chi connectivity index (χ4n) is 2.98. The Morgan fingerprint density at radius 3 is 2.73 bits per heavy atom. The number of nitrogens with one attached hydrogen (secondary N) is 1. The van der Waals surface area contributed by atoms with E-state index in [0.29, 0.717) is 12.3 Å². The molecule has 2 aromatic rings. The van der Waals surface area contributed by atoms with Crippen molar-refractivity contribution in [3.8, 4) is 5.75 Å². The van der Waals surface area contributed by atoms with Crippen molar-refractivity contribution in [3.05, 3.63) is 62.0 Å². The highest BCUT2D eigenvalue weighted by Crippen LogP contribution is 2.28. The summed E-state index contributed by atoms with van der Waals surface area (Å²) in [5, 5.41) is 4.09. The molecule has 1 unspecified atom stereocenters. The maximum Gasteiger partial charge on any atom is 0.260 e. The number of amides is 1. The number of hydrogen-bond acceptors (Lipinski definition) is 3. The van der Waals surface area contributed by atoms with Gasteiger partial charge in [0, 0.05) is 35.2 Å². The van der Waals surface area contributed by atoms with Gasteiger partial charge in [0.05, 0.1) is 4.47 Å². The lowest BCUT2D eigenvalue weighted by molar-refractivity contribution is -0.136. The summed E-state index contributed by atoms with van der Waals surface area (Å²) in [5.41, 5.74) is 1.16. The van der Waals surface area contributed by atoms with Crippen molar-refractivity contribution >= 4 is 49.4 Å². The molecule has 1 atom stereocenters. The van der Waals surface area contributed by atoms with Gasteiger partial charge in [-0.15, -0.1) is 0 Å². The zero-order chi connectivity index (χ0) is 18.5. The molecule has 1 N–H and O–H groups in total. The number of ether oxygens (including phenoxy) is 1. The first-order valence-corrected chi connectivity index (χ1v) is 10.3. The van der Waals surface area contributed by atoms with Crippen LogP contribution in [0.2, 0.25) is 5.02 Å². The van der Waals surface area contributed by atoms with Crippen molar-refractivity contribution in [3.63, 3.8) is 0 Å². The largest absolute Gasteiger partial charge is 0.483 e. The molecule has 0 radical (unpaired) electrons. The first-order chi connectivity index (χ1) is 12.5. The molecule has 0 spiro atoms. The third-order valence-electron chi connectivity index (χ3n) is 4.30. The molecule has 4 nitrogen and oxygen atoms in total. The Bertz CT molecular complexity index is 771. The summed E-state index contributed by atoms with van der Waals surface area (Å²) in [6.45, 7) is 2.28. The second kappa shape index (κ2) is 9.22. The van der Waals surface area contributed by atoms with E-state index >= 15 is 0 Å². The number of benzene rings is 2. The molecular weight excluding hydrogens is 483 g/mol.